The third-order valence-electron chi connectivity index (χ3n) is 6.82. The number of nitrogens with two attached hydrogens (primary N) is 1. The number of nitrogens with one attached hydrogen (secondary N) is 1. The van der Waals surface area contributed by atoms with Gasteiger partial charge in [0.15, 0.2) is 11.0 Å². The molecule has 2 saturated heterocycles. The molecular formula is C23H25F3N4O2S2. The summed E-state index contributed by atoms with van der Waals surface area (Å²) >= 11 is 0. The Labute approximate surface area is 198 Å². The summed E-state index contributed by atoms with van der Waals surface area (Å²) in [6.07, 6.45) is 5.84. The first-order valence-corrected chi connectivity index (χ1v) is 14.0. The van der Waals surface area contributed by atoms with Crippen LogP contribution in [0.3, 0.4) is 0 Å². The summed E-state index contributed by atoms with van der Waals surface area (Å²) in [5.74, 6) is -0.338. The molecule has 2 fully saturated rings. The molecule has 6 nitrogen and oxygen atoms in total. The highest BCUT2D eigenvalue weighted by molar-refractivity contribution is 8.27. The van der Waals surface area contributed by atoms with Gasteiger partial charge in [0, 0.05) is 47.4 Å². The van der Waals surface area contributed by atoms with Gasteiger partial charge in [-0.1, -0.05) is 12.1 Å². The fourth-order valence-corrected chi connectivity index (χ4v) is 6.72. The fourth-order valence-electron chi connectivity index (χ4n) is 5.17. The van der Waals surface area contributed by atoms with Crippen LogP contribution in [0.2, 0.25) is 0 Å². The van der Waals surface area contributed by atoms with E-state index in [0.717, 1.165) is 11.6 Å². The van der Waals surface area contributed by atoms with Crippen molar-refractivity contribution in [2.75, 3.05) is 5.32 Å². The summed E-state index contributed by atoms with van der Waals surface area (Å²) in [7, 11) is -8.50. The molecular weight excluding hydrogens is 485 g/mol. The van der Waals surface area contributed by atoms with Crippen molar-refractivity contribution in [2.24, 2.45) is 9.54 Å². The quantitative estimate of drug-likeness (QED) is 0.548. The van der Waals surface area contributed by atoms with Crippen LogP contribution in [0, 0.1) is 5.82 Å². The number of hydrogen-bond acceptors (Lipinski definition) is 5. The summed E-state index contributed by atoms with van der Waals surface area (Å²) in [6.45, 7) is 0.811. The Morgan fingerprint density at radius 1 is 1.12 bits per heavy atom. The third kappa shape index (κ3) is 4.61. The summed E-state index contributed by atoms with van der Waals surface area (Å²) < 4.78 is 69.6. The maximum atomic E-state index is 14.8. The highest BCUT2D eigenvalue weighted by Crippen LogP contribution is 2.57. The van der Waals surface area contributed by atoms with Gasteiger partial charge < -0.3 is 5.32 Å². The van der Waals surface area contributed by atoms with Crippen LogP contribution >= 0.6 is 11.0 Å². The summed E-state index contributed by atoms with van der Waals surface area (Å²) in [5, 5.41) is 9.11. The Balaban J connectivity index is 1.39. The van der Waals surface area contributed by atoms with Crippen molar-refractivity contribution in [1.82, 2.24) is 4.90 Å². The molecule has 0 saturated carbocycles. The Morgan fingerprint density at radius 2 is 1.82 bits per heavy atom. The normalized spacial score (nSPS) is 24.4. The van der Waals surface area contributed by atoms with Crippen molar-refractivity contribution in [3.8, 4) is 0 Å². The molecule has 0 atom stereocenters. The second-order valence-corrected chi connectivity index (χ2v) is 11.8. The molecule has 0 spiro atoms. The molecule has 0 aliphatic carbocycles. The van der Waals surface area contributed by atoms with Crippen LogP contribution in [-0.2, 0) is 23.1 Å². The molecule has 0 unspecified atom stereocenters. The van der Waals surface area contributed by atoms with E-state index in [2.05, 4.69) is 14.6 Å². The van der Waals surface area contributed by atoms with Gasteiger partial charge in [-0.3, -0.25) is 4.90 Å². The average molecular weight is 511 g/mol. The van der Waals surface area contributed by atoms with Crippen LogP contribution in [0.15, 0.2) is 57.2 Å². The molecule has 3 N–H and O–H groups in total. The summed E-state index contributed by atoms with van der Waals surface area (Å²) in [6, 6.07) is 10.3. The zero-order chi connectivity index (χ0) is 24.1. The van der Waals surface area contributed by atoms with Crippen molar-refractivity contribution >= 4 is 32.4 Å². The first-order valence-electron chi connectivity index (χ1n) is 11.0. The fraction of sp³-hybridized carbons (Fsp3) is 0.348. The molecule has 0 amide bonds. The number of hydrogen-bond donors (Lipinski definition) is 2. The number of fused-ring (bicyclic) bond motifs is 2. The van der Waals surface area contributed by atoms with Gasteiger partial charge in [0.05, 0.1) is 10.6 Å². The highest BCUT2D eigenvalue weighted by atomic mass is 32.3. The van der Waals surface area contributed by atoms with E-state index in [-0.39, 0.29) is 28.5 Å². The lowest BCUT2D eigenvalue weighted by Crippen LogP contribution is -2.28. The molecule has 11 heteroatoms. The Kier molecular flexibility index (Phi) is 5.99. The SMILES string of the molecule is NS(=O)(=O)c1cc(NCc2c(F)cccc2CN2C3CCC2CC3)ccc1C1=NS(F)(F)C=C1. The minimum atomic E-state index is -4.27. The van der Waals surface area contributed by atoms with Gasteiger partial charge in [-0.05, 0) is 61.6 Å². The van der Waals surface area contributed by atoms with Gasteiger partial charge in [0.2, 0.25) is 10.0 Å². The second-order valence-electron chi connectivity index (χ2n) is 8.88. The van der Waals surface area contributed by atoms with E-state index in [1.807, 2.05) is 6.07 Å². The third-order valence-corrected chi connectivity index (χ3v) is 8.67. The maximum absolute atomic E-state index is 14.8. The number of rotatable bonds is 7. The van der Waals surface area contributed by atoms with Crippen molar-refractivity contribution in [3.63, 3.8) is 0 Å². The Bertz CT molecular complexity index is 1280. The number of benzene rings is 2. The minimum absolute atomic E-state index is 0.00469. The number of primary sulfonamides is 1. The standard InChI is InChI=1S/C23H25F3N4O2S2/c24-21-3-1-2-15(14-30-17-5-6-18(30)8-7-17)20(21)13-28-16-4-9-19(23(12-16)34(27,31)32)22-10-11-33(25,26)29-22/h1-4,9-12,17-18,28H,5-8,13-14H2,(H2,27,31,32). The van der Waals surface area contributed by atoms with E-state index in [1.165, 1.54) is 43.9 Å². The zero-order valence-corrected chi connectivity index (χ0v) is 19.9. The molecule has 182 valence electrons. The Morgan fingerprint density at radius 3 is 2.44 bits per heavy atom. The lowest BCUT2D eigenvalue weighted by atomic mass is 10.0. The van der Waals surface area contributed by atoms with Crippen LogP contribution in [0.4, 0.5) is 17.8 Å². The topological polar surface area (TPSA) is 87.8 Å². The van der Waals surface area contributed by atoms with Crippen LogP contribution in [0.1, 0.15) is 42.4 Å². The molecule has 3 aliphatic rings. The first-order chi connectivity index (χ1) is 16.1. The average Bonchev–Trinajstić information content (AvgIpc) is 3.46. The number of anilines is 1. The minimum Gasteiger partial charge on any atom is -0.381 e. The monoisotopic (exact) mass is 510 g/mol. The predicted molar refractivity (Wildman–Crippen MR) is 129 cm³/mol. The lowest BCUT2D eigenvalue weighted by Gasteiger charge is -2.23. The zero-order valence-electron chi connectivity index (χ0n) is 18.3. The number of sulfonamides is 1. The smallest absolute Gasteiger partial charge is 0.238 e. The van der Waals surface area contributed by atoms with Crippen molar-refractivity contribution in [3.05, 3.63) is 70.4 Å². The molecule has 0 aromatic heterocycles. The molecule has 34 heavy (non-hydrogen) atoms. The van der Waals surface area contributed by atoms with Crippen LogP contribution in [0.25, 0.3) is 0 Å². The van der Waals surface area contributed by atoms with Gasteiger partial charge in [-0.25, -0.2) is 17.9 Å². The first kappa shape index (κ1) is 23.4. The molecule has 2 aromatic rings. The van der Waals surface area contributed by atoms with Crippen LogP contribution < -0.4 is 10.5 Å². The van der Waals surface area contributed by atoms with Crippen molar-refractivity contribution in [1.29, 1.82) is 0 Å². The molecule has 2 aromatic carbocycles. The van der Waals surface area contributed by atoms with Gasteiger partial charge >= 0.3 is 0 Å². The van der Waals surface area contributed by atoms with E-state index in [9.17, 15) is 20.6 Å². The molecule has 0 radical (unpaired) electrons. The maximum Gasteiger partial charge on any atom is 0.238 e. The molecule has 2 bridgehead atoms. The van der Waals surface area contributed by atoms with Crippen LogP contribution in [0.5, 0.6) is 0 Å². The van der Waals surface area contributed by atoms with Gasteiger partial charge in [0.25, 0.3) is 0 Å². The molecule has 3 aliphatic heterocycles. The number of halogens is 3. The predicted octanol–water partition coefficient (Wildman–Crippen LogP) is 5.02. The summed E-state index contributed by atoms with van der Waals surface area (Å²) in [4.78, 5) is 2.14. The van der Waals surface area contributed by atoms with Crippen molar-refractivity contribution < 1.29 is 20.6 Å². The van der Waals surface area contributed by atoms with E-state index in [4.69, 9.17) is 5.14 Å². The largest absolute Gasteiger partial charge is 0.381 e. The van der Waals surface area contributed by atoms with E-state index < -0.39 is 21.0 Å². The lowest BCUT2D eigenvalue weighted by molar-refractivity contribution is 0.243. The van der Waals surface area contributed by atoms with Gasteiger partial charge in [-0.15, -0.1) is 7.77 Å². The van der Waals surface area contributed by atoms with E-state index in [1.54, 1.807) is 12.1 Å². The van der Waals surface area contributed by atoms with Crippen molar-refractivity contribution in [2.45, 2.75) is 55.8 Å². The van der Waals surface area contributed by atoms with Gasteiger partial charge in [-0.2, -0.15) is 4.40 Å². The number of allylic oxidation sites excluding steroid dienone is 1. The Hall–Kier alpha value is -2.34. The van der Waals surface area contributed by atoms with E-state index >= 15 is 0 Å². The van der Waals surface area contributed by atoms with E-state index in [0.29, 0.717) is 35.3 Å². The summed E-state index contributed by atoms with van der Waals surface area (Å²) in [5.41, 5.74) is 1.66. The van der Waals surface area contributed by atoms with Crippen LogP contribution in [-0.4, -0.2) is 31.1 Å². The number of nitrogens with zero attached hydrogens (tertiary/aromatic N) is 2. The highest BCUT2D eigenvalue weighted by Gasteiger charge is 2.39. The second kappa shape index (κ2) is 8.71. The van der Waals surface area contributed by atoms with Gasteiger partial charge in [0.1, 0.15) is 5.82 Å². The molecule has 5 rings (SSSR count). The molecule has 3 heterocycles.